The fourth-order valence-corrected chi connectivity index (χ4v) is 3.38. The van der Waals surface area contributed by atoms with Crippen LogP contribution in [0.15, 0.2) is 4.99 Å². The number of guanidine groups is 1. The van der Waals surface area contributed by atoms with Gasteiger partial charge in [0.15, 0.2) is 5.96 Å². The molecular weight excluding hydrogens is 300 g/mol. The van der Waals surface area contributed by atoms with Crippen LogP contribution in [-0.2, 0) is 0 Å². The van der Waals surface area contributed by atoms with E-state index in [-0.39, 0.29) is 0 Å². The summed E-state index contributed by atoms with van der Waals surface area (Å²) in [5.41, 5.74) is -0.591. The molecular formula is C19H40N4O. The quantitative estimate of drug-likeness (QED) is 0.423. The Kier molecular flexibility index (Phi) is 10.3. The number of nitrogens with one attached hydrogen (secondary N) is 2. The monoisotopic (exact) mass is 340 g/mol. The smallest absolute Gasteiger partial charge is 0.191 e. The van der Waals surface area contributed by atoms with Crippen molar-refractivity contribution in [1.82, 2.24) is 15.5 Å². The molecule has 0 spiro atoms. The summed E-state index contributed by atoms with van der Waals surface area (Å²) in [6.07, 6.45) is 7.58. The molecule has 0 aromatic carbocycles. The molecule has 24 heavy (non-hydrogen) atoms. The Balaban J connectivity index is 2.41. The molecule has 1 rings (SSSR count). The van der Waals surface area contributed by atoms with Gasteiger partial charge in [0, 0.05) is 12.6 Å². The van der Waals surface area contributed by atoms with Gasteiger partial charge < -0.3 is 20.6 Å². The molecule has 0 heterocycles. The van der Waals surface area contributed by atoms with Crippen LogP contribution < -0.4 is 10.6 Å². The first-order valence-corrected chi connectivity index (χ1v) is 10.0. The molecule has 1 unspecified atom stereocenters. The highest BCUT2D eigenvalue weighted by molar-refractivity contribution is 5.80. The van der Waals surface area contributed by atoms with Crippen LogP contribution in [0.2, 0.25) is 0 Å². The van der Waals surface area contributed by atoms with Crippen LogP contribution in [0.5, 0.6) is 0 Å². The van der Waals surface area contributed by atoms with Crippen LogP contribution in [0.1, 0.15) is 72.6 Å². The van der Waals surface area contributed by atoms with E-state index in [1.54, 1.807) is 0 Å². The summed E-state index contributed by atoms with van der Waals surface area (Å²) in [7, 11) is 0. The Hall–Kier alpha value is -0.810. The highest BCUT2D eigenvalue weighted by Crippen LogP contribution is 2.28. The molecule has 0 amide bonds. The van der Waals surface area contributed by atoms with E-state index in [4.69, 9.17) is 0 Å². The van der Waals surface area contributed by atoms with Gasteiger partial charge in [-0.05, 0) is 59.2 Å². The average Bonchev–Trinajstić information content (AvgIpc) is 2.57. The fraction of sp³-hybridized carbons (Fsp3) is 0.947. The molecule has 0 aromatic rings. The first kappa shape index (κ1) is 21.2. The minimum absolute atomic E-state index is 0.388. The minimum atomic E-state index is -0.591. The number of hydrogen-bond acceptors (Lipinski definition) is 3. The van der Waals surface area contributed by atoms with Crippen molar-refractivity contribution in [1.29, 1.82) is 0 Å². The third-order valence-electron chi connectivity index (χ3n) is 5.05. The Morgan fingerprint density at radius 3 is 2.42 bits per heavy atom. The lowest BCUT2D eigenvalue weighted by Crippen LogP contribution is -2.44. The van der Waals surface area contributed by atoms with E-state index in [1.807, 2.05) is 0 Å². The number of rotatable bonds is 10. The van der Waals surface area contributed by atoms with Gasteiger partial charge >= 0.3 is 0 Å². The summed E-state index contributed by atoms with van der Waals surface area (Å²) in [4.78, 5) is 7.12. The molecule has 5 nitrogen and oxygen atoms in total. The van der Waals surface area contributed by atoms with Crippen molar-refractivity contribution >= 4 is 5.96 Å². The van der Waals surface area contributed by atoms with Gasteiger partial charge in [0.2, 0.25) is 0 Å². The van der Waals surface area contributed by atoms with E-state index in [2.05, 4.69) is 48.2 Å². The third-order valence-corrected chi connectivity index (χ3v) is 5.05. The Labute approximate surface area is 149 Å². The third kappa shape index (κ3) is 8.34. The van der Waals surface area contributed by atoms with Gasteiger partial charge in [0.1, 0.15) is 0 Å². The summed E-state index contributed by atoms with van der Waals surface area (Å²) in [5, 5.41) is 17.4. The predicted molar refractivity (Wildman–Crippen MR) is 104 cm³/mol. The zero-order chi connectivity index (χ0) is 17.8. The van der Waals surface area contributed by atoms with Crippen LogP contribution in [0.3, 0.4) is 0 Å². The van der Waals surface area contributed by atoms with Gasteiger partial charge in [0.05, 0.1) is 12.1 Å². The largest absolute Gasteiger partial charge is 0.388 e. The lowest BCUT2D eigenvalue weighted by Gasteiger charge is -2.31. The second-order valence-electron chi connectivity index (χ2n) is 7.19. The maximum absolute atomic E-state index is 10.6. The van der Waals surface area contributed by atoms with E-state index in [0.29, 0.717) is 12.6 Å². The van der Waals surface area contributed by atoms with E-state index in [1.165, 1.54) is 12.8 Å². The van der Waals surface area contributed by atoms with Gasteiger partial charge in [0.25, 0.3) is 0 Å². The SMILES string of the molecule is CCNC(=NCC1(O)CCCCC1)NC(C)CCCN(CC)CC. The Bertz CT molecular complexity index is 349. The maximum Gasteiger partial charge on any atom is 0.191 e. The van der Waals surface area contributed by atoms with Gasteiger partial charge in [-0.15, -0.1) is 0 Å². The molecule has 0 saturated heterocycles. The highest BCUT2D eigenvalue weighted by atomic mass is 16.3. The number of aliphatic hydroxyl groups is 1. The maximum atomic E-state index is 10.6. The second-order valence-corrected chi connectivity index (χ2v) is 7.19. The van der Waals surface area contributed by atoms with Crippen molar-refractivity contribution in [2.45, 2.75) is 84.3 Å². The van der Waals surface area contributed by atoms with Gasteiger partial charge in [-0.3, -0.25) is 4.99 Å². The number of aliphatic imine (C=N–C) groups is 1. The van der Waals surface area contributed by atoms with E-state index in [9.17, 15) is 5.11 Å². The lowest BCUT2D eigenvalue weighted by molar-refractivity contribution is 0.0131. The van der Waals surface area contributed by atoms with Crippen molar-refractivity contribution in [3.63, 3.8) is 0 Å². The molecule has 1 aliphatic rings. The highest BCUT2D eigenvalue weighted by Gasteiger charge is 2.28. The van der Waals surface area contributed by atoms with Crippen molar-refractivity contribution in [2.24, 2.45) is 4.99 Å². The van der Waals surface area contributed by atoms with Crippen LogP contribution in [0, 0.1) is 0 Å². The van der Waals surface area contributed by atoms with Crippen LogP contribution in [0.4, 0.5) is 0 Å². The average molecular weight is 341 g/mol. The molecule has 0 radical (unpaired) electrons. The normalized spacial score (nSPS) is 19.3. The summed E-state index contributed by atoms with van der Waals surface area (Å²) in [5.74, 6) is 0.840. The second kappa shape index (κ2) is 11.7. The summed E-state index contributed by atoms with van der Waals surface area (Å²) in [6, 6.07) is 0.388. The molecule has 5 heteroatoms. The van der Waals surface area contributed by atoms with E-state index in [0.717, 1.165) is 64.2 Å². The van der Waals surface area contributed by atoms with Gasteiger partial charge in [-0.1, -0.05) is 33.1 Å². The van der Waals surface area contributed by atoms with Crippen molar-refractivity contribution in [3.8, 4) is 0 Å². The Morgan fingerprint density at radius 1 is 1.17 bits per heavy atom. The number of hydrogen-bond donors (Lipinski definition) is 3. The van der Waals surface area contributed by atoms with Crippen molar-refractivity contribution in [3.05, 3.63) is 0 Å². The molecule has 1 atom stereocenters. The zero-order valence-electron chi connectivity index (χ0n) is 16.4. The van der Waals surface area contributed by atoms with Crippen LogP contribution in [0.25, 0.3) is 0 Å². The van der Waals surface area contributed by atoms with E-state index < -0.39 is 5.60 Å². The Morgan fingerprint density at radius 2 is 1.83 bits per heavy atom. The van der Waals surface area contributed by atoms with E-state index >= 15 is 0 Å². The van der Waals surface area contributed by atoms with Gasteiger partial charge in [-0.2, -0.15) is 0 Å². The van der Waals surface area contributed by atoms with Crippen molar-refractivity contribution in [2.75, 3.05) is 32.7 Å². The fourth-order valence-electron chi connectivity index (χ4n) is 3.38. The summed E-state index contributed by atoms with van der Waals surface area (Å²) >= 11 is 0. The van der Waals surface area contributed by atoms with Crippen molar-refractivity contribution < 1.29 is 5.11 Å². The topological polar surface area (TPSA) is 59.9 Å². The molecule has 1 fully saturated rings. The molecule has 0 bridgehead atoms. The molecule has 142 valence electrons. The minimum Gasteiger partial charge on any atom is -0.388 e. The standard InChI is InChI=1S/C19H40N4O/c1-5-20-18(21-16-19(24)13-9-8-10-14-19)22-17(4)12-11-15-23(6-2)7-3/h17,24H,5-16H2,1-4H3,(H2,20,21,22). The molecule has 0 aromatic heterocycles. The molecule has 3 N–H and O–H groups in total. The first-order valence-electron chi connectivity index (χ1n) is 10.0. The first-order chi connectivity index (χ1) is 11.5. The lowest BCUT2D eigenvalue weighted by atomic mass is 9.85. The molecule has 1 aliphatic carbocycles. The molecule has 1 saturated carbocycles. The van der Waals surface area contributed by atoms with Crippen LogP contribution >= 0.6 is 0 Å². The predicted octanol–water partition coefficient (Wildman–Crippen LogP) is 2.75. The summed E-state index contributed by atoms with van der Waals surface area (Å²) < 4.78 is 0. The van der Waals surface area contributed by atoms with Crippen LogP contribution in [-0.4, -0.2) is 60.3 Å². The number of nitrogens with zero attached hydrogens (tertiary/aromatic N) is 2. The zero-order valence-corrected chi connectivity index (χ0v) is 16.4. The van der Waals surface area contributed by atoms with Gasteiger partial charge in [-0.25, -0.2) is 0 Å². The summed E-state index contributed by atoms with van der Waals surface area (Å²) in [6.45, 7) is 13.5. The molecule has 0 aliphatic heterocycles.